The Balaban J connectivity index is 2.15. The van der Waals surface area contributed by atoms with Gasteiger partial charge in [0.15, 0.2) is 0 Å². The molecule has 1 aromatic rings. The number of nitrogens with one attached hydrogen (secondary N) is 4. The first-order valence-corrected chi connectivity index (χ1v) is 4.81. The fraction of sp³-hybridized carbons (Fsp3) is 0.333. The molecular weight excluding hydrogens is 194 g/mol. The van der Waals surface area contributed by atoms with Gasteiger partial charge in [0.2, 0.25) is 0 Å². The van der Waals surface area contributed by atoms with Gasteiger partial charge in [-0.25, -0.2) is 5.43 Å². The number of nitrogens with zero attached hydrogens (tertiary/aromatic N) is 1. The van der Waals surface area contributed by atoms with Crippen LogP contribution in [0.2, 0.25) is 0 Å². The van der Waals surface area contributed by atoms with Crippen LogP contribution in [0, 0.1) is 0 Å². The SMILES string of the molecule is CCNC(=O)C1=CNNC1c1ccn[nH]1. The summed E-state index contributed by atoms with van der Waals surface area (Å²) in [7, 11) is 0. The molecule has 0 radical (unpaired) electrons. The Morgan fingerprint density at radius 1 is 1.67 bits per heavy atom. The number of rotatable bonds is 3. The fourth-order valence-electron chi connectivity index (χ4n) is 1.50. The van der Waals surface area contributed by atoms with Crippen LogP contribution >= 0.6 is 0 Å². The minimum absolute atomic E-state index is 0.0744. The van der Waals surface area contributed by atoms with Crippen LogP contribution < -0.4 is 16.2 Å². The predicted octanol–water partition coefficient (Wildman–Crippen LogP) is -0.421. The van der Waals surface area contributed by atoms with Gasteiger partial charge in [-0.2, -0.15) is 5.10 Å². The summed E-state index contributed by atoms with van der Waals surface area (Å²) in [5.41, 5.74) is 7.32. The molecular formula is C9H13N5O. The minimum atomic E-state index is -0.168. The van der Waals surface area contributed by atoms with Crippen molar-refractivity contribution in [2.75, 3.05) is 6.54 Å². The average molecular weight is 207 g/mol. The summed E-state index contributed by atoms with van der Waals surface area (Å²) < 4.78 is 0. The fourth-order valence-corrected chi connectivity index (χ4v) is 1.50. The molecule has 1 aliphatic heterocycles. The van der Waals surface area contributed by atoms with Crippen molar-refractivity contribution in [3.05, 3.63) is 29.7 Å². The normalized spacial score (nSPS) is 19.5. The maximum atomic E-state index is 11.7. The lowest BCUT2D eigenvalue weighted by atomic mass is 10.1. The maximum Gasteiger partial charge on any atom is 0.250 e. The van der Waals surface area contributed by atoms with Gasteiger partial charge in [0.25, 0.3) is 5.91 Å². The van der Waals surface area contributed by atoms with Crippen LogP contribution in [0.1, 0.15) is 18.7 Å². The molecule has 1 atom stereocenters. The summed E-state index contributed by atoms with van der Waals surface area (Å²) in [5.74, 6) is -0.0744. The molecule has 2 heterocycles. The number of carbonyl (C=O) groups is 1. The molecule has 0 saturated carbocycles. The van der Waals surface area contributed by atoms with Crippen LogP contribution in [0.15, 0.2) is 24.0 Å². The molecule has 0 fully saturated rings. The number of carbonyl (C=O) groups excluding carboxylic acids is 1. The zero-order chi connectivity index (χ0) is 10.7. The van der Waals surface area contributed by atoms with E-state index in [4.69, 9.17) is 0 Å². The van der Waals surface area contributed by atoms with E-state index >= 15 is 0 Å². The number of aromatic amines is 1. The van der Waals surface area contributed by atoms with Crippen LogP contribution in [0.25, 0.3) is 0 Å². The Morgan fingerprint density at radius 3 is 3.20 bits per heavy atom. The number of hydrazine groups is 1. The van der Waals surface area contributed by atoms with E-state index in [0.717, 1.165) is 5.69 Å². The van der Waals surface area contributed by atoms with Gasteiger partial charge in [0.1, 0.15) is 0 Å². The number of hydrogen-bond acceptors (Lipinski definition) is 4. The molecule has 1 aromatic heterocycles. The zero-order valence-corrected chi connectivity index (χ0v) is 8.37. The van der Waals surface area contributed by atoms with E-state index in [1.807, 2.05) is 13.0 Å². The molecule has 2 rings (SSSR count). The van der Waals surface area contributed by atoms with Crippen molar-refractivity contribution < 1.29 is 4.79 Å². The number of likely N-dealkylation sites (N-methyl/N-ethyl adjacent to an activating group) is 1. The molecule has 0 saturated heterocycles. The third kappa shape index (κ3) is 1.84. The third-order valence-electron chi connectivity index (χ3n) is 2.20. The highest BCUT2D eigenvalue weighted by Gasteiger charge is 2.26. The van der Waals surface area contributed by atoms with Gasteiger partial charge < -0.3 is 10.7 Å². The smallest absolute Gasteiger partial charge is 0.250 e. The lowest BCUT2D eigenvalue weighted by Crippen LogP contribution is -2.31. The van der Waals surface area contributed by atoms with Crippen LogP contribution in [0.5, 0.6) is 0 Å². The quantitative estimate of drug-likeness (QED) is 0.542. The molecule has 6 nitrogen and oxygen atoms in total. The van der Waals surface area contributed by atoms with Gasteiger partial charge in [0, 0.05) is 18.9 Å². The summed E-state index contributed by atoms with van der Waals surface area (Å²) in [6.07, 6.45) is 3.32. The standard InChI is InChI=1S/C9H13N5O/c1-2-10-9(15)6-5-12-14-8(6)7-3-4-11-13-7/h3-5,8,12,14H,2H2,1H3,(H,10,15)(H,11,13). The number of aromatic nitrogens is 2. The van der Waals surface area contributed by atoms with Crippen LogP contribution in [-0.2, 0) is 4.79 Å². The Kier molecular flexibility index (Phi) is 2.68. The van der Waals surface area contributed by atoms with Crippen molar-refractivity contribution in [3.63, 3.8) is 0 Å². The summed E-state index contributed by atoms with van der Waals surface area (Å²) in [6, 6.07) is 1.66. The molecule has 0 aromatic carbocycles. The summed E-state index contributed by atoms with van der Waals surface area (Å²) >= 11 is 0. The molecule has 80 valence electrons. The molecule has 6 heteroatoms. The van der Waals surface area contributed by atoms with E-state index in [2.05, 4.69) is 26.4 Å². The third-order valence-corrected chi connectivity index (χ3v) is 2.20. The van der Waals surface area contributed by atoms with Gasteiger partial charge in [0.05, 0.1) is 17.3 Å². The van der Waals surface area contributed by atoms with E-state index in [1.54, 1.807) is 12.4 Å². The average Bonchev–Trinajstić information content (AvgIpc) is 2.88. The van der Waals surface area contributed by atoms with Crippen LogP contribution in [-0.4, -0.2) is 22.6 Å². The van der Waals surface area contributed by atoms with Crippen LogP contribution in [0.4, 0.5) is 0 Å². The number of hydrogen-bond donors (Lipinski definition) is 4. The molecule has 4 N–H and O–H groups in total. The molecule has 15 heavy (non-hydrogen) atoms. The first kappa shape index (κ1) is 9.72. The van der Waals surface area contributed by atoms with Gasteiger partial charge >= 0.3 is 0 Å². The van der Waals surface area contributed by atoms with Gasteiger partial charge in [-0.1, -0.05) is 0 Å². The van der Waals surface area contributed by atoms with Gasteiger partial charge in [-0.3, -0.25) is 9.89 Å². The van der Waals surface area contributed by atoms with Crippen molar-refractivity contribution in [1.82, 2.24) is 26.4 Å². The molecule has 1 unspecified atom stereocenters. The second kappa shape index (κ2) is 4.14. The highest BCUT2D eigenvalue weighted by atomic mass is 16.1. The van der Waals surface area contributed by atoms with E-state index < -0.39 is 0 Å². The highest BCUT2D eigenvalue weighted by molar-refractivity contribution is 5.95. The molecule has 1 aliphatic rings. The summed E-state index contributed by atoms with van der Waals surface area (Å²) in [4.78, 5) is 11.7. The van der Waals surface area contributed by atoms with E-state index in [-0.39, 0.29) is 11.9 Å². The Labute approximate surface area is 87.1 Å². The zero-order valence-electron chi connectivity index (χ0n) is 8.37. The first-order chi connectivity index (χ1) is 7.33. The molecule has 0 bridgehead atoms. The lowest BCUT2D eigenvalue weighted by molar-refractivity contribution is -0.117. The second-order valence-electron chi connectivity index (χ2n) is 3.19. The first-order valence-electron chi connectivity index (χ1n) is 4.81. The van der Waals surface area contributed by atoms with Crippen molar-refractivity contribution in [2.45, 2.75) is 13.0 Å². The van der Waals surface area contributed by atoms with E-state index in [9.17, 15) is 4.79 Å². The number of amides is 1. The largest absolute Gasteiger partial charge is 0.352 e. The van der Waals surface area contributed by atoms with Crippen molar-refractivity contribution >= 4 is 5.91 Å². The minimum Gasteiger partial charge on any atom is -0.352 e. The van der Waals surface area contributed by atoms with Crippen LogP contribution in [0.3, 0.4) is 0 Å². The molecule has 0 aliphatic carbocycles. The Hall–Kier alpha value is -1.82. The maximum absolute atomic E-state index is 11.7. The summed E-state index contributed by atoms with van der Waals surface area (Å²) in [5, 5.41) is 9.45. The van der Waals surface area contributed by atoms with Gasteiger partial charge in [-0.15, -0.1) is 0 Å². The summed E-state index contributed by atoms with van der Waals surface area (Å²) in [6.45, 7) is 2.51. The highest BCUT2D eigenvalue weighted by Crippen LogP contribution is 2.21. The number of H-pyrrole nitrogens is 1. The molecule has 0 spiro atoms. The topological polar surface area (TPSA) is 81.8 Å². The van der Waals surface area contributed by atoms with Crippen molar-refractivity contribution in [1.29, 1.82) is 0 Å². The van der Waals surface area contributed by atoms with Crippen molar-refractivity contribution in [3.8, 4) is 0 Å². The van der Waals surface area contributed by atoms with Crippen molar-refractivity contribution in [2.24, 2.45) is 0 Å². The molecule has 1 amide bonds. The predicted molar refractivity (Wildman–Crippen MR) is 54.4 cm³/mol. The lowest BCUT2D eigenvalue weighted by Gasteiger charge is -2.11. The van der Waals surface area contributed by atoms with E-state index in [1.165, 1.54) is 0 Å². The van der Waals surface area contributed by atoms with Gasteiger partial charge in [-0.05, 0) is 13.0 Å². The monoisotopic (exact) mass is 207 g/mol. The second-order valence-corrected chi connectivity index (χ2v) is 3.19. The Morgan fingerprint density at radius 2 is 2.53 bits per heavy atom. The van der Waals surface area contributed by atoms with E-state index in [0.29, 0.717) is 12.1 Å². The Bertz CT molecular complexity index is 370.